The van der Waals surface area contributed by atoms with E-state index >= 15 is 0 Å². The third-order valence-corrected chi connectivity index (χ3v) is 9.40. The fourth-order valence-corrected chi connectivity index (χ4v) is 6.28. The summed E-state index contributed by atoms with van der Waals surface area (Å²) in [4.78, 5) is 14.0. The molecule has 0 radical (unpaired) electrons. The molecule has 1 aromatic heterocycles. The average Bonchev–Trinajstić information content (AvgIpc) is 3.14. The Morgan fingerprint density at radius 2 is 1.24 bits per heavy atom. The van der Waals surface area contributed by atoms with Crippen molar-refractivity contribution in [2.45, 2.75) is 99.0 Å². The molecule has 54 heavy (non-hydrogen) atoms. The van der Waals surface area contributed by atoms with Crippen LogP contribution in [0.3, 0.4) is 0 Å². The van der Waals surface area contributed by atoms with Crippen LogP contribution in [-0.2, 0) is 18.9 Å². The molecule has 0 amide bonds. The second-order valence-corrected chi connectivity index (χ2v) is 13.0. The first kappa shape index (κ1) is 39.8. The number of aliphatic hydroxyl groups is 10. The van der Waals surface area contributed by atoms with E-state index in [-0.39, 0.29) is 11.3 Å². The third-order valence-electron chi connectivity index (χ3n) is 9.40. The summed E-state index contributed by atoms with van der Waals surface area (Å²) in [7, 11) is 0. The highest BCUT2D eigenvalue weighted by Gasteiger charge is 2.51. The van der Waals surface area contributed by atoms with E-state index in [0.29, 0.717) is 0 Å². The normalized spacial score (nSPS) is 37.3. The zero-order chi connectivity index (χ0) is 39.3. The molecule has 3 aliphatic rings. The summed E-state index contributed by atoms with van der Waals surface area (Å²) in [5.41, 5.74) is -1.66. The van der Waals surface area contributed by atoms with Crippen molar-refractivity contribution in [1.29, 1.82) is 0 Å². The van der Waals surface area contributed by atoms with E-state index in [9.17, 15) is 71.2 Å². The van der Waals surface area contributed by atoms with Crippen molar-refractivity contribution in [1.82, 2.24) is 0 Å². The van der Waals surface area contributed by atoms with E-state index in [1.165, 1.54) is 13.0 Å². The molecule has 15 atom stereocenters. The summed E-state index contributed by atoms with van der Waals surface area (Å²) in [6.45, 7) is -0.287. The minimum atomic E-state index is -1.98. The Kier molecular flexibility index (Phi) is 11.5. The highest BCUT2D eigenvalue weighted by Crippen LogP contribution is 2.40. The Hall–Kier alpha value is -3.91. The highest BCUT2D eigenvalue weighted by molar-refractivity contribution is 5.88. The molecule has 21 heteroatoms. The van der Waals surface area contributed by atoms with Gasteiger partial charge in [0, 0.05) is 17.7 Å². The average molecular weight is 773 g/mol. The van der Waals surface area contributed by atoms with Crippen LogP contribution in [0.25, 0.3) is 22.3 Å². The van der Waals surface area contributed by atoms with Crippen LogP contribution in [0.15, 0.2) is 39.5 Å². The van der Waals surface area contributed by atoms with Gasteiger partial charge in [-0.05, 0) is 25.1 Å². The lowest BCUT2D eigenvalue weighted by Crippen LogP contribution is -2.64. The number of phenolic OH excluding ortho intramolecular Hbond substituents is 3. The quantitative estimate of drug-likeness (QED) is 0.0917. The lowest BCUT2D eigenvalue weighted by Gasteiger charge is -2.45. The summed E-state index contributed by atoms with van der Waals surface area (Å²) < 4.78 is 39.6. The second kappa shape index (κ2) is 15.7. The van der Waals surface area contributed by atoms with Gasteiger partial charge in [-0.2, -0.15) is 0 Å². The Morgan fingerprint density at radius 3 is 1.89 bits per heavy atom. The van der Waals surface area contributed by atoms with Gasteiger partial charge in [-0.25, -0.2) is 0 Å². The van der Waals surface area contributed by atoms with Crippen LogP contribution in [0.5, 0.6) is 28.7 Å². The van der Waals surface area contributed by atoms with Crippen molar-refractivity contribution < 1.29 is 99.2 Å². The lowest BCUT2D eigenvalue weighted by atomic mass is 9.97. The molecule has 3 aliphatic heterocycles. The van der Waals surface area contributed by atoms with E-state index in [1.807, 2.05) is 0 Å². The maximum absolute atomic E-state index is 14.0. The van der Waals surface area contributed by atoms with Crippen LogP contribution in [0.1, 0.15) is 6.92 Å². The lowest BCUT2D eigenvalue weighted by molar-refractivity contribution is -0.354. The molecule has 7 unspecified atom stereocenters. The number of hydrogen-bond donors (Lipinski definition) is 13. The first-order valence-electron chi connectivity index (χ1n) is 16.5. The zero-order valence-electron chi connectivity index (χ0n) is 28.0. The van der Waals surface area contributed by atoms with E-state index in [0.717, 1.165) is 24.3 Å². The second-order valence-electron chi connectivity index (χ2n) is 13.0. The number of hydrogen-bond acceptors (Lipinski definition) is 21. The molecule has 3 aromatic rings. The van der Waals surface area contributed by atoms with E-state index < -0.39 is 150 Å². The number of benzene rings is 2. The summed E-state index contributed by atoms with van der Waals surface area (Å²) in [6, 6.07) is 5.14. The molecular weight excluding hydrogens is 732 g/mol. The van der Waals surface area contributed by atoms with Gasteiger partial charge in [0.15, 0.2) is 29.7 Å². The Bertz CT molecular complexity index is 1850. The topological polar surface area (TPSA) is 349 Å². The number of ether oxygens (including phenoxy) is 6. The fraction of sp³-hybridized carbons (Fsp3) is 0.545. The molecule has 2 aromatic carbocycles. The molecule has 298 valence electrons. The maximum Gasteiger partial charge on any atom is 0.239 e. The highest BCUT2D eigenvalue weighted by atomic mass is 16.8. The van der Waals surface area contributed by atoms with Crippen molar-refractivity contribution in [3.8, 4) is 40.1 Å². The molecular formula is C33H40O21. The first-order valence-corrected chi connectivity index (χ1v) is 16.5. The van der Waals surface area contributed by atoms with Gasteiger partial charge < -0.3 is 99.2 Å². The monoisotopic (exact) mass is 772 g/mol. The smallest absolute Gasteiger partial charge is 0.239 e. The van der Waals surface area contributed by atoms with Crippen LogP contribution in [0.2, 0.25) is 0 Å². The number of phenols is 3. The van der Waals surface area contributed by atoms with Crippen molar-refractivity contribution >= 4 is 11.0 Å². The molecule has 4 heterocycles. The first-order chi connectivity index (χ1) is 25.6. The van der Waals surface area contributed by atoms with Crippen LogP contribution < -0.4 is 14.9 Å². The largest absolute Gasteiger partial charge is 0.507 e. The van der Waals surface area contributed by atoms with Gasteiger partial charge in [-0.1, -0.05) is 0 Å². The van der Waals surface area contributed by atoms with Crippen molar-refractivity contribution in [3.63, 3.8) is 0 Å². The van der Waals surface area contributed by atoms with Gasteiger partial charge in [0.2, 0.25) is 23.8 Å². The number of aromatic hydroxyl groups is 3. The molecule has 3 saturated heterocycles. The van der Waals surface area contributed by atoms with E-state index in [4.69, 9.17) is 32.8 Å². The third kappa shape index (κ3) is 7.27. The maximum atomic E-state index is 14.0. The van der Waals surface area contributed by atoms with Gasteiger partial charge in [0.05, 0.1) is 19.3 Å². The van der Waals surface area contributed by atoms with Crippen LogP contribution >= 0.6 is 0 Å². The number of fused-ring (bicyclic) bond motifs is 1. The molecule has 21 nitrogen and oxygen atoms in total. The molecule has 0 aliphatic carbocycles. The van der Waals surface area contributed by atoms with Crippen molar-refractivity contribution in [3.05, 3.63) is 40.6 Å². The van der Waals surface area contributed by atoms with Crippen molar-refractivity contribution in [2.24, 2.45) is 0 Å². The van der Waals surface area contributed by atoms with Gasteiger partial charge in [-0.3, -0.25) is 4.79 Å². The van der Waals surface area contributed by atoms with Gasteiger partial charge >= 0.3 is 0 Å². The Labute approximate surface area is 303 Å². The zero-order valence-corrected chi connectivity index (χ0v) is 28.0. The standard InChI is InChI=1S/C33H40O21/c1-9-19(39)23(43)26(46)31(48-9)54-30-25(45)21(41)17(8-35)52-33(30)49-11-5-14(38)18-15(6-11)50-28(10-2-3-12(36)13(37)4-10)29(22(18)42)53-32-27(47)24(44)20(40)16(7-34)51-32/h2-6,9,16-17,19-21,23-27,30-41,43-47H,7-8H2,1H3/t9?,16?,17?,19-,20+,21+,23-,24?,25-,26?,27?,30?,31-,32-,33+/m0/s1. The Morgan fingerprint density at radius 1 is 0.630 bits per heavy atom. The summed E-state index contributed by atoms with van der Waals surface area (Å²) in [5.74, 6) is -3.66. The van der Waals surface area contributed by atoms with Crippen LogP contribution in [-0.4, -0.2) is 172 Å². The molecule has 6 rings (SSSR count). The SMILES string of the molecule is CC1O[C@@H](OC2[C@H](Oc3cc(O)c4c(=O)c(O[C@@H]5OC(CO)[C@@H](O)C(O)C5O)c(-c5ccc(O)c(O)c5)oc4c3)OC(CO)[C@@H](O)[C@@H]2O)C(O)[C@@H](O)[C@H]1O. The summed E-state index contributed by atoms with van der Waals surface area (Å²) >= 11 is 0. The predicted molar refractivity (Wildman–Crippen MR) is 173 cm³/mol. The Balaban J connectivity index is 1.40. The van der Waals surface area contributed by atoms with Gasteiger partial charge in [0.1, 0.15) is 83.5 Å². The molecule has 3 fully saturated rings. The van der Waals surface area contributed by atoms with Gasteiger partial charge in [0.25, 0.3) is 0 Å². The van der Waals surface area contributed by atoms with E-state index in [1.54, 1.807) is 0 Å². The summed E-state index contributed by atoms with van der Waals surface area (Å²) in [5, 5.41) is 134. The van der Waals surface area contributed by atoms with E-state index in [2.05, 4.69) is 0 Å². The molecule has 13 N–H and O–H groups in total. The van der Waals surface area contributed by atoms with Crippen LogP contribution in [0, 0.1) is 0 Å². The molecule has 0 saturated carbocycles. The minimum absolute atomic E-state index is 0.116. The minimum Gasteiger partial charge on any atom is -0.507 e. The molecule has 0 bridgehead atoms. The fourth-order valence-electron chi connectivity index (χ4n) is 6.28. The predicted octanol–water partition coefficient (Wildman–Crippen LogP) is -4.21. The molecule has 0 spiro atoms. The van der Waals surface area contributed by atoms with Gasteiger partial charge in [-0.15, -0.1) is 0 Å². The number of aliphatic hydroxyl groups excluding tert-OH is 10. The van der Waals surface area contributed by atoms with Crippen molar-refractivity contribution in [2.75, 3.05) is 13.2 Å². The van der Waals surface area contributed by atoms with Crippen LogP contribution in [0.4, 0.5) is 0 Å². The number of rotatable bonds is 9. The summed E-state index contributed by atoms with van der Waals surface area (Å²) in [6.07, 6.45) is -25.5.